The minimum absolute atomic E-state index is 0.0295. The molecule has 0 aliphatic carbocycles. The topological polar surface area (TPSA) is 71.3 Å². The summed E-state index contributed by atoms with van der Waals surface area (Å²) in [6, 6.07) is 0.364. The average Bonchev–Trinajstić information content (AvgIpc) is 2.61. The number of anilines is 1. The van der Waals surface area contributed by atoms with Crippen molar-refractivity contribution in [3.63, 3.8) is 0 Å². The lowest BCUT2D eigenvalue weighted by Gasteiger charge is -2.14. The quantitative estimate of drug-likeness (QED) is 0.732. The molecular formula is C8H11ClN4O2. The summed E-state index contributed by atoms with van der Waals surface area (Å²) in [6.07, 6.45) is 0.865. The molecule has 1 N–H and O–H groups in total. The highest BCUT2D eigenvalue weighted by Crippen LogP contribution is 2.14. The summed E-state index contributed by atoms with van der Waals surface area (Å²) < 4.78 is 5.27. The number of nitrogens with zero attached hydrogens (tertiary/aromatic N) is 3. The number of hydrogen-bond donors (Lipinski definition) is 1. The predicted molar refractivity (Wildman–Crippen MR) is 53.7 cm³/mol. The van der Waals surface area contributed by atoms with E-state index >= 15 is 0 Å². The zero-order valence-electron chi connectivity index (χ0n) is 8.07. The van der Waals surface area contributed by atoms with Gasteiger partial charge in [-0.1, -0.05) is 5.10 Å². The molecule has 1 amide bonds. The third kappa shape index (κ3) is 2.38. The standard InChI is InChI=1S/C8H11ClN4O2/c9-4-7-11-12-8(15-7)13-3-1-2-10-6(14)5-13/h1-5H2,(H,10,14). The Kier molecular flexibility index (Phi) is 3.05. The Morgan fingerprint density at radius 1 is 1.53 bits per heavy atom. The van der Waals surface area contributed by atoms with Crippen LogP contribution < -0.4 is 10.2 Å². The van der Waals surface area contributed by atoms with Gasteiger partial charge in [0.1, 0.15) is 12.4 Å². The van der Waals surface area contributed by atoms with Crippen LogP contribution in [0.1, 0.15) is 12.3 Å². The maximum absolute atomic E-state index is 11.3. The van der Waals surface area contributed by atoms with E-state index in [2.05, 4.69) is 15.5 Å². The van der Waals surface area contributed by atoms with Crippen molar-refractivity contribution in [3.8, 4) is 0 Å². The predicted octanol–water partition coefficient (Wildman–Crippen LogP) is 0.135. The van der Waals surface area contributed by atoms with Crippen LogP contribution in [0.4, 0.5) is 6.01 Å². The number of alkyl halides is 1. The van der Waals surface area contributed by atoms with Crippen LogP contribution >= 0.6 is 11.6 Å². The first-order valence-electron chi connectivity index (χ1n) is 4.69. The lowest BCUT2D eigenvalue weighted by molar-refractivity contribution is -0.119. The second-order valence-corrected chi connectivity index (χ2v) is 3.50. The minimum Gasteiger partial charge on any atom is -0.407 e. The lowest BCUT2D eigenvalue weighted by Crippen LogP contribution is -2.33. The van der Waals surface area contributed by atoms with Gasteiger partial charge in [0.25, 0.3) is 0 Å². The fourth-order valence-electron chi connectivity index (χ4n) is 1.40. The van der Waals surface area contributed by atoms with Crippen LogP contribution in [0.5, 0.6) is 0 Å². The van der Waals surface area contributed by atoms with Crippen molar-refractivity contribution in [3.05, 3.63) is 5.89 Å². The van der Waals surface area contributed by atoms with E-state index in [-0.39, 0.29) is 18.3 Å². The molecule has 2 heterocycles. The fraction of sp³-hybridized carbons (Fsp3) is 0.625. The molecule has 0 radical (unpaired) electrons. The van der Waals surface area contributed by atoms with Crippen molar-refractivity contribution in [1.29, 1.82) is 0 Å². The molecule has 0 spiro atoms. The van der Waals surface area contributed by atoms with Crippen LogP contribution in [0.15, 0.2) is 4.42 Å². The average molecular weight is 231 g/mol. The van der Waals surface area contributed by atoms with Gasteiger partial charge in [-0.15, -0.1) is 16.7 Å². The fourth-order valence-corrected chi connectivity index (χ4v) is 1.50. The van der Waals surface area contributed by atoms with Crippen molar-refractivity contribution >= 4 is 23.5 Å². The molecule has 1 aliphatic heterocycles. The Bertz CT molecular complexity index is 354. The Balaban J connectivity index is 2.10. The second kappa shape index (κ2) is 4.48. The zero-order chi connectivity index (χ0) is 10.7. The summed E-state index contributed by atoms with van der Waals surface area (Å²) in [7, 11) is 0. The Morgan fingerprint density at radius 2 is 2.40 bits per heavy atom. The van der Waals surface area contributed by atoms with E-state index in [1.165, 1.54) is 0 Å². The van der Waals surface area contributed by atoms with Crippen LogP contribution in [-0.2, 0) is 10.7 Å². The molecule has 0 saturated carbocycles. The van der Waals surface area contributed by atoms with Gasteiger partial charge in [-0.05, 0) is 6.42 Å². The zero-order valence-corrected chi connectivity index (χ0v) is 8.83. The molecule has 0 atom stereocenters. The normalized spacial score (nSPS) is 17.4. The molecule has 1 aromatic rings. The molecule has 1 aromatic heterocycles. The van der Waals surface area contributed by atoms with Gasteiger partial charge in [0, 0.05) is 13.1 Å². The van der Waals surface area contributed by atoms with Crippen LogP contribution in [0.25, 0.3) is 0 Å². The summed E-state index contributed by atoms with van der Waals surface area (Å²) in [6.45, 7) is 1.67. The molecule has 6 nitrogen and oxygen atoms in total. The highest BCUT2D eigenvalue weighted by atomic mass is 35.5. The summed E-state index contributed by atoms with van der Waals surface area (Å²) >= 11 is 5.55. The van der Waals surface area contributed by atoms with E-state index in [0.717, 1.165) is 13.0 Å². The first-order chi connectivity index (χ1) is 7.29. The SMILES string of the molecule is O=C1CN(c2nnc(CCl)o2)CCCN1. The minimum atomic E-state index is -0.0295. The van der Waals surface area contributed by atoms with Gasteiger partial charge >= 0.3 is 6.01 Å². The molecule has 0 bridgehead atoms. The largest absolute Gasteiger partial charge is 0.407 e. The number of nitrogens with one attached hydrogen (secondary N) is 1. The van der Waals surface area contributed by atoms with Gasteiger partial charge in [0.2, 0.25) is 11.8 Å². The van der Waals surface area contributed by atoms with Crippen molar-refractivity contribution < 1.29 is 9.21 Å². The number of aromatic nitrogens is 2. The molecule has 0 aromatic carbocycles. The van der Waals surface area contributed by atoms with Crippen LogP contribution in [-0.4, -0.2) is 35.7 Å². The molecule has 1 fully saturated rings. The van der Waals surface area contributed by atoms with Crippen molar-refractivity contribution in [2.24, 2.45) is 0 Å². The van der Waals surface area contributed by atoms with Crippen molar-refractivity contribution in [1.82, 2.24) is 15.5 Å². The van der Waals surface area contributed by atoms with E-state index in [1.54, 1.807) is 4.90 Å². The maximum atomic E-state index is 11.3. The number of carbonyl (C=O) groups excluding carboxylic acids is 1. The summed E-state index contributed by atoms with van der Waals surface area (Å²) in [4.78, 5) is 13.0. The van der Waals surface area contributed by atoms with E-state index in [9.17, 15) is 4.79 Å². The van der Waals surface area contributed by atoms with E-state index < -0.39 is 0 Å². The number of carbonyl (C=O) groups is 1. The van der Waals surface area contributed by atoms with Gasteiger partial charge in [0.05, 0.1) is 0 Å². The van der Waals surface area contributed by atoms with Gasteiger partial charge in [-0.25, -0.2) is 0 Å². The molecule has 1 aliphatic rings. The smallest absolute Gasteiger partial charge is 0.318 e. The summed E-state index contributed by atoms with van der Waals surface area (Å²) in [5.74, 6) is 0.530. The molecule has 82 valence electrons. The summed E-state index contributed by atoms with van der Waals surface area (Å²) in [5.41, 5.74) is 0. The third-order valence-corrected chi connectivity index (χ3v) is 2.33. The van der Waals surface area contributed by atoms with Crippen LogP contribution in [0.3, 0.4) is 0 Å². The number of amides is 1. The monoisotopic (exact) mass is 230 g/mol. The molecule has 0 unspecified atom stereocenters. The van der Waals surface area contributed by atoms with E-state index in [0.29, 0.717) is 18.5 Å². The van der Waals surface area contributed by atoms with Crippen molar-refractivity contribution in [2.75, 3.05) is 24.5 Å². The Labute approximate surface area is 91.6 Å². The Morgan fingerprint density at radius 3 is 3.13 bits per heavy atom. The molecule has 1 saturated heterocycles. The van der Waals surface area contributed by atoms with E-state index in [1.807, 2.05) is 0 Å². The van der Waals surface area contributed by atoms with Gasteiger partial charge in [0.15, 0.2) is 0 Å². The van der Waals surface area contributed by atoms with Crippen LogP contribution in [0, 0.1) is 0 Å². The molecular weight excluding hydrogens is 220 g/mol. The van der Waals surface area contributed by atoms with Gasteiger partial charge < -0.3 is 14.6 Å². The number of rotatable bonds is 2. The highest BCUT2D eigenvalue weighted by molar-refractivity contribution is 6.16. The number of halogens is 1. The highest BCUT2D eigenvalue weighted by Gasteiger charge is 2.19. The molecule has 2 rings (SSSR count). The second-order valence-electron chi connectivity index (χ2n) is 3.24. The van der Waals surface area contributed by atoms with Gasteiger partial charge in [-0.3, -0.25) is 4.79 Å². The first kappa shape index (κ1) is 10.2. The Hall–Kier alpha value is -1.30. The third-order valence-electron chi connectivity index (χ3n) is 2.10. The first-order valence-corrected chi connectivity index (χ1v) is 5.23. The maximum Gasteiger partial charge on any atom is 0.318 e. The lowest BCUT2D eigenvalue weighted by atomic mass is 10.4. The summed E-state index contributed by atoms with van der Waals surface area (Å²) in [5, 5.41) is 10.3. The van der Waals surface area contributed by atoms with Gasteiger partial charge in [-0.2, -0.15) is 0 Å². The molecule has 15 heavy (non-hydrogen) atoms. The van der Waals surface area contributed by atoms with E-state index in [4.69, 9.17) is 16.0 Å². The molecule has 7 heteroatoms. The van der Waals surface area contributed by atoms with Crippen LogP contribution in [0.2, 0.25) is 0 Å². The number of hydrogen-bond acceptors (Lipinski definition) is 5. The van der Waals surface area contributed by atoms with Crippen molar-refractivity contribution in [2.45, 2.75) is 12.3 Å².